The van der Waals surface area contributed by atoms with Crippen molar-refractivity contribution in [3.8, 4) is 0 Å². The maximum atomic E-state index is 4.76. The Morgan fingerprint density at radius 1 is 1.41 bits per heavy atom. The highest BCUT2D eigenvalue weighted by Gasteiger charge is 2.16. The van der Waals surface area contributed by atoms with Gasteiger partial charge in [-0.15, -0.1) is 0 Å². The number of rotatable bonds is 6. The van der Waals surface area contributed by atoms with Crippen LogP contribution in [0.1, 0.15) is 38.2 Å². The Balaban J connectivity index is 1.79. The number of nitrogens with zero attached hydrogens (tertiary/aromatic N) is 2. The van der Waals surface area contributed by atoms with Gasteiger partial charge < -0.3 is 15.5 Å². The second kappa shape index (κ2) is 9.16. The summed E-state index contributed by atoms with van der Waals surface area (Å²) in [5, 5.41) is 11.3. The fourth-order valence-corrected chi connectivity index (χ4v) is 3.52. The Morgan fingerprint density at radius 3 is 2.82 bits per heavy atom. The van der Waals surface area contributed by atoms with Crippen molar-refractivity contribution in [2.24, 2.45) is 10.9 Å². The van der Waals surface area contributed by atoms with Gasteiger partial charge in [-0.05, 0) is 68.2 Å². The van der Waals surface area contributed by atoms with Crippen LogP contribution in [0.2, 0.25) is 0 Å². The first-order chi connectivity index (χ1) is 10.7. The Bertz CT molecular complexity index is 436. The molecule has 0 aromatic carbocycles. The van der Waals surface area contributed by atoms with Crippen molar-refractivity contribution in [3.05, 3.63) is 22.4 Å². The summed E-state index contributed by atoms with van der Waals surface area (Å²) < 4.78 is 0. The Kier molecular flexibility index (Phi) is 7.19. The predicted molar refractivity (Wildman–Crippen MR) is 96.9 cm³/mol. The number of piperidine rings is 1. The van der Waals surface area contributed by atoms with Crippen molar-refractivity contribution in [3.63, 3.8) is 0 Å². The molecule has 4 nitrogen and oxygen atoms in total. The monoisotopic (exact) mass is 322 g/mol. The fraction of sp³-hybridized carbons (Fsp3) is 0.706. The van der Waals surface area contributed by atoms with Crippen molar-refractivity contribution >= 4 is 17.3 Å². The molecule has 2 rings (SSSR count). The van der Waals surface area contributed by atoms with Crippen molar-refractivity contribution in [2.45, 2.75) is 32.6 Å². The highest BCUT2D eigenvalue weighted by molar-refractivity contribution is 7.07. The van der Waals surface area contributed by atoms with Gasteiger partial charge in [-0.2, -0.15) is 11.3 Å². The molecule has 2 heterocycles. The quantitative estimate of drug-likeness (QED) is 0.625. The van der Waals surface area contributed by atoms with E-state index in [4.69, 9.17) is 4.99 Å². The second-order valence-electron chi connectivity index (χ2n) is 6.30. The summed E-state index contributed by atoms with van der Waals surface area (Å²) in [6.45, 7) is 9.57. The lowest BCUT2D eigenvalue weighted by atomic mass is 9.97. The first-order valence-corrected chi connectivity index (χ1v) is 9.36. The molecule has 1 aliphatic rings. The molecule has 0 saturated carbocycles. The maximum Gasteiger partial charge on any atom is 0.191 e. The van der Waals surface area contributed by atoms with Gasteiger partial charge in [0.1, 0.15) is 0 Å². The molecule has 0 radical (unpaired) electrons. The highest BCUT2D eigenvalue weighted by atomic mass is 32.1. The molecular weight excluding hydrogens is 292 g/mol. The molecule has 0 spiro atoms. The lowest BCUT2D eigenvalue weighted by molar-refractivity contribution is 0.220. The van der Waals surface area contributed by atoms with Crippen LogP contribution >= 0.6 is 11.3 Å². The zero-order valence-corrected chi connectivity index (χ0v) is 15.0. The average molecular weight is 323 g/mol. The van der Waals surface area contributed by atoms with E-state index in [9.17, 15) is 0 Å². The number of likely N-dealkylation sites (tertiary alicyclic amines) is 1. The number of nitrogens with one attached hydrogen (secondary N) is 2. The summed E-state index contributed by atoms with van der Waals surface area (Å²) in [6, 6.07) is 2.20. The smallest absolute Gasteiger partial charge is 0.191 e. The molecule has 0 amide bonds. The Morgan fingerprint density at radius 2 is 2.18 bits per heavy atom. The van der Waals surface area contributed by atoms with Crippen LogP contribution in [0.15, 0.2) is 21.8 Å². The highest BCUT2D eigenvalue weighted by Crippen LogP contribution is 2.18. The van der Waals surface area contributed by atoms with Crippen LogP contribution < -0.4 is 10.6 Å². The third kappa shape index (κ3) is 5.61. The largest absolute Gasteiger partial charge is 0.357 e. The first kappa shape index (κ1) is 17.3. The molecule has 1 unspecified atom stereocenters. The van der Waals surface area contributed by atoms with E-state index in [1.807, 2.05) is 0 Å². The first-order valence-electron chi connectivity index (χ1n) is 8.41. The van der Waals surface area contributed by atoms with Crippen LogP contribution in [0.5, 0.6) is 0 Å². The minimum Gasteiger partial charge on any atom is -0.357 e. The summed E-state index contributed by atoms with van der Waals surface area (Å²) >= 11 is 1.76. The molecule has 1 aromatic heterocycles. The molecule has 0 bridgehead atoms. The van der Waals surface area contributed by atoms with Gasteiger partial charge in [0, 0.05) is 25.6 Å². The molecule has 1 saturated heterocycles. The van der Waals surface area contributed by atoms with Crippen molar-refractivity contribution in [2.75, 3.05) is 39.8 Å². The van der Waals surface area contributed by atoms with Gasteiger partial charge in [-0.1, -0.05) is 6.92 Å². The Hall–Kier alpha value is -1.07. The number of hydrogen-bond donors (Lipinski definition) is 2. The minimum absolute atomic E-state index is 0.477. The second-order valence-corrected chi connectivity index (χ2v) is 7.08. The van der Waals surface area contributed by atoms with E-state index in [1.165, 1.54) is 31.5 Å². The summed E-state index contributed by atoms with van der Waals surface area (Å²) in [4.78, 5) is 7.17. The maximum absolute atomic E-state index is 4.76. The van der Waals surface area contributed by atoms with E-state index in [2.05, 4.69) is 53.3 Å². The standard InChI is InChI=1S/C17H30N4S/c1-4-18-17(19-11-14(2)16-7-10-22-13-16)20-12-15-5-8-21(3)9-6-15/h7,10,13-15H,4-6,8-9,11-12H2,1-3H3,(H2,18,19,20). The van der Waals surface area contributed by atoms with Crippen molar-refractivity contribution in [1.82, 2.24) is 15.5 Å². The molecule has 1 aliphatic heterocycles. The van der Waals surface area contributed by atoms with Gasteiger partial charge in [0.05, 0.1) is 0 Å². The van der Waals surface area contributed by atoms with E-state index >= 15 is 0 Å². The average Bonchev–Trinajstić information content (AvgIpc) is 3.06. The van der Waals surface area contributed by atoms with E-state index in [0.29, 0.717) is 5.92 Å². The van der Waals surface area contributed by atoms with Crippen LogP contribution in [0.4, 0.5) is 0 Å². The molecule has 5 heteroatoms. The van der Waals surface area contributed by atoms with E-state index in [0.717, 1.165) is 31.5 Å². The third-order valence-electron chi connectivity index (χ3n) is 4.38. The van der Waals surface area contributed by atoms with Gasteiger partial charge in [0.25, 0.3) is 0 Å². The van der Waals surface area contributed by atoms with Crippen LogP contribution in [-0.2, 0) is 0 Å². The van der Waals surface area contributed by atoms with E-state index in [1.54, 1.807) is 11.3 Å². The fourth-order valence-electron chi connectivity index (χ4n) is 2.74. The van der Waals surface area contributed by atoms with E-state index in [-0.39, 0.29) is 0 Å². The lowest BCUT2D eigenvalue weighted by Gasteiger charge is -2.29. The lowest BCUT2D eigenvalue weighted by Crippen LogP contribution is -2.42. The molecule has 2 N–H and O–H groups in total. The molecule has 124 valence electrons. The molecule has 1 atom stereocenters. The summed E-state index contributed by atoms with van der Waals surface area (Å²) in [7, 11) is 2.21. The van der Waals surface area contributed by atoms with Crippen LogP contribution in [0.3, 0.4) is 0 Å². The molecule has 1 aromatic rings. The van der Waals surface area contributed by atoms with Crippen LogP contribution in [-0.4, -0.2) is 50.6 Å². The van der Waals surface area contributed by atoms with E-state index < -0.39 is 0 Å². The normalized spacial score (nSPS) is 19.1. The number of hydrogen-bond acceptors (Lipinski definition) is 3. The number of guanidine groups is 1. The molecule has 1 fully saturated rings. The van der Waals surface area contributed by atoms with Gasteiger partial charge in [-0.25, -0.2) is 0 Å². The minimum atomic E-state index is 0.477. The third-order valence-corrected chi connectivity index (χ3v) is 5.08. The zero-order chi connectivity index (χ0) is 15.8. The Labute approximate surface area is 139 Å². The molecule has 0 aliphatic carbocycles. The van der Waals surface area contributed by atoms with Crippen LogP contribution in [0, 0.1) is 5.92 Å². The summed E-state index contributed by atoms with van der Waals surface area (Å²) in [5.74, 6) is 2.21. The zero-order valence-electron chi connectivity index (χ0n) is 14.1. The molecular formula is C17H30N4S. The SMILES string of the molecule is CCNC(=NCC(C)c1ccsc1)NCC1CCN(C)CC1. The molecule has 22 heavy (non-hydrogen) atoms. The summed E-state index contributed by atoms with van der Waals surface area (Å²) in [6.07, 6.45) is 2.57. The van der Waals surface area contributed by atoms with Crippen molar-refractivity contribution in [1.29, 1.82) is 0 Å². The van der Waals surface area contributed by atoms with Gasteiger partial charge >= 0.3 is 0 Å². The number of aliphatic imine (C=N–C) groups is 1. The topological polar surface area (TPSA) is 39.7 Å². The van der Waals surface area contributed by atoms with Gasteiger partial charge in [0.15, 0.2) is 5.96 Å². The summed E-state index contributed by atoms with van der Waals surface area (Å²) in [5.41, 5.74) is 1.39. The predicted octanol–water partition coefficient (Wildman–Crippen LogP) is 2.75. The van der Waals surface area contributed by atoms with Gasteiger partial charge in [0.2, 0.25) is 0 Å². The van der Waals surface area contributed by atoms with Crippen molar-refractivity contribution < 1.29 is 0 Å². The number of thiophene rings is 1. The van der Waals surface area contributed by atoms with Crippen LogP contribution in [0.25, 0.3) is 0 Å². The van der Waals surface area contributed by atoms with Gasteiger partial charge in [-0.3, -0.25) is 4.99 Å².